The second-order valence-electron chi connectivity index (χ2n) is 8.11. The third-order valence-corrected chi connectivity index (χ3v) is 5.84. The van der Waals surface area contributed by atoms with Gasteiger partial charge in [-0.1, -0.05) is 6.07 Å². The van der Waals surface area contributed by atoms with E-state index in [1.54, 1.807) is 42.9 Å². The molecule has 0 saturated heterocycles. The van der Waals surface area contributed by atoms with E-state index >= 15 is 4.39 Å². The summed E-state index contributed by atoms with van der Waals surface area (Å²) in [4.78, 5) is 36.5. The van der Waals surface area contributed by atoms with Crippen LogP contribution in [0.5, 0.6) is 0 Å². The van der Waals surface area contributed by atoms with Crippen LogP contribution in [-0.4, -0.2) is 43.6 Å². The van der Waals surface area contributed by atoms with E-state index in [1.807, 2.05) is 0 Å². The second kappa shape index (κ2) is 7.80. The summed E-state index contributed by atoms with van der Waals surface area (Å²) in [6.07, 6.45) is 3.11. The van der Waals surface area contributed by atoms with Gasteiger partial charge in [-0.05, 0) is 38.0 Å². The minimum absolute atomic E-state index is 0.0154. The van der Waals surface area contributed by atoms with Crippen LogP contribution in [0.1, 0.15) is 29.0 Å². The highest BCUT2D eigenvalue weighted by atomic mass is 19.1. The molecule has 9 nitrogen and oxygen atoms in total. The monoisotopic (exact) mass is 447 g/mol. The molecule has 4 aromatic rings. The van der Waals surface area contributed by atoms with Crippen molar-refractivity contribution < 1.29 is 14.0 Å². The molecule has 0 atom stereocenters. The van der Waals surface area contributed by atoms with Gasteiger partial charge in [-0.3, -0.25) is 14.3 Å². The summed E-state index contributed by atoms with van der Waals surface area (Å²) in [6, 6.07) is 6.66. The minimum Gasteiger partial charge on any atom is -0.355 e. The van der Waals surface area contributed by atoms with Crippen LogP contribution < -0.4 is 10.6 Å². The molecule has 5 rings (SSSR count). The number of aromatic amines is 1. The number of halogens is 1. The lowest BCUT2D eigenvalue weighted by molar-refractivity contribution is -0.117. The number of pyridine rings is 1. The number of nitrogens with one attached hydrogen (secondary N) is 3. The van der Waals surface area contributed by atoms with Crippen molar-refractivity contribution in [1.29, 1.82) is 0 Å². The third kappa shape index (κ3) is 3.63. The summed E-state index contributed by atoms with van der Waals surface area (Å²) in [5.41, 5.74) is 1.77. The first-order valence-electron chi connectivity index (χ1n) is 10.6. The van der Waals surface area contributed by atoms with E-state index in [4.69, 9.17) is 0 Å². The van der Waals surface area contributed by atoms with Gasteiger partial charge in [0, 0.05) is 42.9 Å². The lowest BCUT2D eigenvalue weighted by Gasteiger charge is -2.07. The fourth-order valence-corrected chi connectivity index (χ4v) is 3.73. The van der Waals surface area contributed by atoms with Crippen LogP contribution in [0.4, 0.5) is 10.2 Å². The maximum absolute atomic E-state index is 15.6. The Morgan fingerprint density at radius 3 is 2.67 bits per heavy atom. The average Bonchev–Trinajstić information content (AvgIpc) is 3.48. The number of hydrogen-bond acceptors (Lipinski definition) is 5. The quantitative estimate of drug-likeness (QED) is 0.434. The van der Waals surface area contributed by atoms with Crippen molar-refractivity contribution in [1.82, 2.24) is 30.0 Å². The highest BCUT2D eigenvalue weighted by Crippen LogP contribution is 2.35. The second-order valence-corrected chi connectivity index (χ2v) is 8.11. The molecule has 3 heterocycles. The van der Waals surface area contributed by atoms with E-state index in [0.717, 1.165) is 12.8 Å². The van der Waals surface area contributed by atoms with Crippen LogP contribution in [-0.2, 0) is 11.8 Å². The van der Waals surface area contributed by atoms with Crippen molar-refractivity contribution in [3.05, 3.63) is 47.7 Å². The van der Waals surface area contributed by atoms with Gasteiger partial charge in [0.25, 0.3) is 5.91 Å². The number of H-pyrrole nitrogens is 1. The maximum Gasteiger partial charge on any atom is 0.253 e. The molecule has 2 amide bonds. The third-order valence-electron chi connectivity index (χ3n) is 5.84. The average molecular weight is 447 g/mol. The lowest BCUT2D eigenvalue weighted by Crippen LogP contribution is -2.19. The number of carbonyl (C=O) groups excluding carboxylic acids is 2. The van der Waals surface area contributed by atoms with Crippen LogP contribution in [0.25, 0.3) is 33.5 Å². The normalized spacial score (nSPS) is 13.3. The Hall–Kier alpha value is -4.08. The van der Waals surface area contributed by atoms with Crippen molar-refractivity contribution in [3.8, 4) is 22.6 Å². The van der Waals surface area contributed by atoms with E-state index in [-0.39, 0.29) is 34.7 Å². The van der Waals surface area contributed by atoms with Gasteiger partial charge in [-0.2, -0.15) is 5.10 Å². The molecule has 1 aliphatic rings. The SMILES string of the molecule is CNC(=O)c1cnc(NC(=O)C2CC2)c2[nH]c(-c3cccc(-c4nc(C)n(C)n4)c3F)cc12. The molecule has 0 aliphatic heterocycles. The Balaban J connectivity index is 1.65. The number of benzene rings is 1. The zero-order valence-electron chi connectivity index (χ0n) is 18.4. The topological polar surface area (TPSA) is 118 Å². The summed E-state index contributed by atoms with van der Waals surface area (Å²) in [5.74, 6) is 0.302. The maximum atomic E-state index is 15.6. The number of rotatable bonds is 5. The van der Waals surface area contributed by atoms with E-state index < -0.39 is 5.82 Å². The Bertz CT molecular complexity index is 1400. The minimum atomic E-state index is -0.493. The molecular formula is C23H22FN7O2. The zero-order valence-corrected chi connectivity index (χ0v) is 18.4. The number of hydrogen-bond donors (Lipinski definition) is 3. The number of aromatic nitrogens is 5. The standard InChI is InChI=1S/C23H22FN7O2/c1-11-27-20(30-31(11)3)14-6-4-5-13(18(14)24)17-9-15-16(23(33)25-2)10-26-21(19(15)28-17)29-22(32)12-7-8-12/h4-6,9-10,12,28H,7-8H2,1-3H3,(H,25,33)(H,26,29,32). The van der Waals surface area contributed by atoms with Crippen molar-refractivity contribution in [2.45, 2.75) is 19.8 Å². The molecule has 0 radical (unpaired) electrons. The van der Waals surface area contributed by atoms with Gasteiger partial charge in [0.1, 0.15) is 11.6 Å². The first-order chi connectivity index (χ1) is 15.9. The summed E-state index contributed by atoms with van der Waals surface area (Å²) >= 11 is 0. The van der Waals surface area contributed by atoms with Gasteiger partial charge in [0.2, 0.25) is 5.91 Å². The highest BCUT2D eigenvalue weighted by molar-refractivity contribution is 6.11. The number of aryl methyl sites for hydroxylation is 2. The van der Waals surface area contributed by atoms with Gasteiger partial charge in [-0.15, -0.1) is 0 Å². The molecule has 0 unspecified atom stereocenters. The van der Waals surface area contributed by atoms with Crippen molar-refractivity contribution >= 4 is 28.5 Å². The van der Waals surface area contributed by atoms with Gasteiger partial charge in [0.15, 0.2) is 11.6 Å². The van der Waals surface area contributed by atoms with E-state index in [1.165, 1.54) is 13.2 Å². The summed E-state index contributed by atoms with van der Waals surface area (Å²) in [7, 11) is 3.27. The number of amides is 2. The molecule has 3 aromatic heterocycles. The van der Waals surface area contributed by atoms with Crippen LogP contribution in [0, 0.1) is 18.7 Å². The molecule has 1 fully saturated rings. The predicted octanol–water partition coefficient (Wildman–Crippen LogP) is 3.18. The van der Waals surface area contributed by atoms with Gasteiger partial charge in [-0.25, -0.2) is 14.4 Å². The Kier molecular flexibility index (Phi) is 4.92. The molecule has 1 aromatic carbocycles. The summed E-state index contributed by atoms with van der Waals surface area (Å²) in [6.45, 7) is 1.79. The molecule has 1 aliphatic carbocycles. The van der Waals surface area contributed by atoms with Crippen LogP contribution in [0.15, 0.2) is 30.5 Å². The first kappa shape index (κ1) is 20.8. The number of nitrogens with zero attached hydrogens (tertiary/aromatic N) is 4. The highest BCUT2D eigenvalue weighted by Gasteiger charge is 2.30. The van der Waals surface area contributed by atoms with Crippen LogP contribution in [0.3, 0.4) is 0 Å². The van der Waals surface area contributed by atoms with E-state index in [0.29, 0.717) is 33.8 Å². The molecular weight excluding hydrogens is 425 g/mol. The van der Waals surface area contributed by atoms with Gasteiger partial charge >= 0.3 is 0 Å². The molecule has 0 spiro atoms. The smallest absolute Gasteiger partial charge is 0.253 e. The van der Waals surface area contributed by atoms with Gasteiger partial charge in [0.05, 0.1) is 16.6 Å². The number of anilines is 1. The van der Waals surface area contributed by atoms with E-state index in [9.17, 15) is 9.59 Å². The number of fused-ring (bicyclic) bond motifs is 1. The van der Waals surface area contributed by atoms with Crippen molar-refractivity contribution in [2.24, 2.45) is 13.0 Å². The molecule has 3 N–H and O–H groups in total. The Labute approximate surface area is 188 Å². The fraction of sp³-hybridized carbons (Fsp3) is 0.261. The first-order valence-corrected chi connectivity index (χ1v) is 10.6. The fourth-order valence-electron chi connectivity index (χ4n) is 3.73. The van der Waals surface area contributed by atoms with Crippen molar-refractivity contribution in [3.63, 3.8) is 0 Å². The molecule has 1 saturated carbocycles. The van der Waals surface area contributed by atoms with Crippen LogP contribution in [0.2, 0.25) is 0 Å². The molecule has 33 heavy (non-hydrogen) atoms. The predicted molar refractivity (Wildman–Crippen MR) is 121 cm³/mol. The zero-order chi connectivity index (χ0) is 23.3. The Morgan fingerprint density at radius 1 is 1.24 bits per heavy atom. The lowest BCUT2D eigenvalue weighted by atomic mass is 10.1. The summed E-state index contributed by atoms with van der Waals surface area (Å²) in [5, 5.41) is 10.2. The summed E-state index contributed by atoms with van der Waals surface area (Å²) < 4.78 is 17.2. The molecule has 0 bridgehead atoms. The number of carbonyl (C=O) groups is 2. The Morgan fingerprint density at radius 2 is 2.00 bits per heavy atom. The largest absolute Gasteiger partial charge is 0.355 e. The van der Waals surface area contributed by atoms with Crippen LogP contribution >= 0.6 is 0 Å². The molecule has 168 valence electrons. The van der Waals surface area contributed by atoms with Crippen molar-refractivity contribution in [2.75, 3.05) is 12.4 Å². The van der Waals surface area contributed by atoms with Gasteiger partial charge < -0.3 is 15.6 Å². The molecule has 10 heteroatoms. The van der Waals surface area contributed by atoms with E-state index in [2.05, 4.69) is 30.7 Å².